The maximum atomic E-state index is 10.6. The number of hydrazone groups is 1. The third-order valence-electron chi connectivity index (χ3n) is 2.85. The summed E-state index contributed by atoms with van der Waals surface area (Å²) in [5.74, 6) is 0. The van der Waals surface area contributed by atoms with Crippen LogP contribution in [0.15, 0.2) is 59.7 Å². The lowest BCUT2D eigenvalue weighted by Crippen LogP contribution is -2.24. The van der Waals surface area contributed by atoms with Gasteiger partial charge in [-0.2, -0.15) is 5.10 Å². The summed E-state index contributed by atoms with van der Waals surface area (Å²) < 4.78 is 0. The summed E-state index contributed by atoms with van der Waals surface area (Å²) in [5, 5.41) is 18.1. The molecule has 0 atom stereocenters. The van der Waals surface area contributed by atoms with Gasteiger partial charge in [0.15, 0.2) is 5.11 Å². The number of nitro benzene ring substituents is 1. The van der Waals surface area contributed by atoms with Crippen molar-refractivity contribution in [3.63, 3.8) is 0 Å². The van der Waals surface area contributed by atoms with E-state index in [1.54, 1.807) is 19.1 Å². The summed E-state index contributed by atoms with van der Waals surface area (Å²) in [4.78, 5) is 10.2. The van der Waals surface area contributed by atoms with Crippen LogP contribution in [0.4, 0.5) is 11.4 Å². The summed E-state index contributed by atoms with van der Waals surface area (Å²) in [6.07, 6.45) is 0. The number of hydrogen-bond acceptors (Lipinski definition) is 4. The SMILES string of the molecule is C/C(=N/NC(=S)Nc1ccccc1)c1ccc([N+](=O)[O-])cc1. The summed E-state index contributed by atoms with van der Waals surface area (Å²) in [6, 6.07) is 15.7. The molecule has 112 valence electrons. The molecule has 0 fully saturated rings. The van der Waals surface area contributed by atoms with Gasteiger partial charge in [0, 0.05) is 17.8 Å². The van der Waals surface area contributed by atoms with E-state index in [1.807, 2.05) is 30.3 Å². The molecule has 0 aliphatic rings. The molecule has 0 radical (unpaired) electrons. The van der Waals surface area contributed by atoms with Crippen LogP contribution in [-0.4, -0.2) is 15.7 Å². The van der Waals surface area contributed by atoms with Crippen LogP contribution in [0.1, 0.15) is 12.5 Å². The molecular weight excluding hydrogens is 300 g/mol. The van der Waals surface area contributed by atoms with Crippen molar-refractivity contribution in [1.29, 1.82) is 0 Å². The second kappa shape index (κ2) is 7.28. The summed E-state index contributed by atoms with van der Waals surface area (Å²) in [6.45, 7) is 1.79. The van der Waals surface area contributed by atoms with Crippen molar-refractivity contribution in [1.82, 2.24) is 5.43 Å². The molecule has 0 unspecified atom stereocenters. The second-order valence-corrected chi connectivity index (χ2v) is 4.84. The number of rotatable bonds is 4. The summed E-state index contributed by atoms with van der Waals surface area (Å²) in [7, 11) is 0. The maximum Gasteiger partial charge on any atom is 0.269 e. The minimum absolute atomic E-state index is 0.0470. The van der Waals surface area contributed by atoms with E-state index in [1.165, 1.54) is 12.1 Å². The normalized spacial score (nSPS) is 10.9. The third-order valence-corrected chi connectivity index (χ3v) is 3.05. The van der Waals surface area contributed by atoms with E-state index in [0.717, 1.165) is 11.3 Å². The van der Waals surface area contributed by atoms with Gasteiger partial charge in [-0.25, -0.2) is 0 Å². The van der Waals surface area contributed by atoms with E-state index < -0.39 is 4.92 Å². The fourth-order valence-corrected chi connectivity index (χ4v) is 1.87. The molecule has 0 amide bonds. The first kappa shape index (κ1) is 15.6. The highest BCUT2D eigenvalue weighted by Crippen LogP contribution is 2.12. The smallest absolute Gasteiger partial charge is 0.269 e. The second-order valence-electron chi connectivity index (χ2n) is 4.43. The average molecular weight is 314 g/mol. The number of para-hydroxylation sites is 1. The Bertz CT molecular complexity index is 699. The zero-order valence-electron chi connectivity index (χ0n) is 11.8. The number of thiocarbonyl (C=S) groups is 1. The van der Waals surface area contributed by atoms with Crippen molar-refractivity contribution in [3.05, 3.63) is 70.3 Å². The van der Waals surface area contributed by atoms with Crippen molar-refractivity contribution in [2.75, 3.05) is 5.32 Å². The molecule has 0 aromatic heterocycles. The fraction of sp³-hybridized carbons (Fsp3) is 0.0667. The summed E-state index contributed by atoms with van der Waals surface area (Å²) >= 11 is 5.14. The molecule has 0 spiro atoms. The van der Waals surface area contributed by atoms with Crippen LogP contribution in [0.3, 0.4) is 0 Å². The Hall–Kier alpha value is -2.80. The molecule has 0 saturated carbocycles. The molecule has 0 bridgehead atoms. The molecule has 0 aliphatic carbocycles. The van der Waals surface area contributed by atoms with Gasteiger partial charge in [0.05, 0.1) is 10.6 Å². The van der Waals surface area contributed by atoms with Gasteiger partial charge in [-0.05, 0) is 49.0 Å². The Kier molecular flexibility index (Phi) is 5.16. The predicted octanol–water partition coefficient (Wildman–Crippen LogP) is 3.31. The highest BCUT2D eigenvalue weighted by atomic mass is 32.1. The van der Waals surface area contributed by atoms with Gasteiger partial charge >= 0.3 is 0 Å². The first-order valence-electron chi connectivity index (χ1n) is 6.47. The van der Waals surface area contributed by atoms with Crippen molar-refractivity contribution < 1.29 is 4.92 Å². The fourth-order valence-electron chi connectivity index (χ4n) is 1.70. The Morgan fingerprint density at radius 3 is 2.36 bits per heavy atom. The zero-order valence-corrected chi connectivity index (χ0v) is 12.6. The van der Waals surface area contributed by atoms with Crippen LogP contribution < -0.4 is 10.7 Å². The van der Waals surface area contributed by atoms with Crippen LogP contribution in [-0.2, 0) is 0 Å². The number of anilines is 1. The van der Waals surface area contributed by atoms with Crippen molar-refractivity contribution >= 4 is 34.4 Å². The molecule has 2 aromatic carbocycles. The van der Waals surface area contributed by atoms with Gasteiger partial charge in [0.25, 0.3) is 5.69 Å². The molecular formula is C15H14N4O2S. The molecule has 6 nitrogen and oxygen atoms in total. The van der Waals surface area contributed by atoms with Crippen molar-refractivity contribution in [2.45, 2.75) is 6.92 Å². The molecule has 2 aromatic rings. The van der Waals surface area contributed by atoms with Crippen molar-refractivity contribution in [2.24, 2.45) is 5.10 Å². The molecule has 22 heavy (non-hydrogen) atoms. The third kappa shape index (κ3) is 4.35. The average Bonchev–Trinajstić information content (AvgIpc) is 2.53. The van der Waals surface area contributed by atoms with Gasteiger partial charge < -0.3 is 5.32 Å². The van der Waals surface area contributed by atoms with Crippen LogP contribution in [0.25, 0.3) is 0 Å². The highest BCUT2D eigenvalue weighted by molar-refractivity contribution is 7.80. The largest absolute Gasteiger partial charge is 0.331 e. The van der Waals surface area contributed by atoms with Gasteiger partial charge in [-0.15, -0.1) is 0 Å². The molecule has 7 heteroatoms. The number of nitrogens with one attached hydrogen (secondary N) is 2. The van der Waals surface area contributed by atoms with E-state index >= 15 is 0 Å². The Morgan fingerprint density at radius 2 is 1.77 bits per heavy atom. The number of non-ortho nitro benzene ring substituents is 1. The van der Waals surface area contributed by atoms with Gasteiger partial charge in [-0.3, -0.25) is 15.5 Å². The Morgan fingerprint density at radius 1 is 1.14 bits per heavy atom. The maximum absolute atomic E-state index is 10.6. The minimum Gasteiger partial charge on any atom is -0.331 e. The Labute approximate surface area is 133 Å². The first-order chi connectivity index (χ1) is 10.6. The lowest BCUT2D eigenvalue weighted by Gasteiger charge is -2.07. The molecule has 0 aliphatic heterocycles. The number of benzene rings is 2. The topological polar surface area (TPSA) is 79.6 Å². The standard InChI is InChI=1S/C15H14N4O2S/c1-11(12-7-9-14(10-8-12)19(20)21)17-18-15(22)16-13-5-3-2-4-6-13/h2-10H,1H3,(H2,16,18,22)/b17-11-. The minimum atomic E-state index is -0.437. The van der Waals surface area contributed by atoms with E-state index in [4.69, 9.17) is 12.2 Å². The molecule has 2 rings (SSSR count). The number of nitro groups is 1. The monoisotopic (exact) mass is 314 g/mol. The first-order valence-corrected chi connectivity index (χ1v) is 6.88. The Balaban J connectivity index is 1.97. The van der Waals surface area contributed by atoms with Crippen LogP contribution in [0, 0.1) is 10.1 Å². The van der Waals surface area contributed by atoms with E-state index in [2.05, 4.69) is 15.8 Å². The van der Waals surface area contributed by atoms with E-state index in [9.17, 15) is 10.1 Å². The lowest BCUT2D eigenvalue weighted by atomic mass is 10.1. The van der Waals surface area contributed by atoms with E-state index in [0.29, 0.717) is 10.8 Å². The van der Waals surface area contributed by atoms with Gasteiger partial charge in [-0.1, -0.05) is 18.2 Å². The highest BCUT2D eigenvalue weighted by Gasteiger charge is 2.05. The summed E-state index contributed by atoms with van der Waals surface area (Å²) in [5.41, 5.74) is 5.10. The lowest BCUT2D eigenvalue weighted by molar-refractivity contribution is -0.384. The van der Waals surface area contributed by atoms with Crippen LogP contribution in [0.2, 0.25) is 0 Å². The number of nitrogens with zero attached hydrogens (tertiary/aromatic N) is 2. The van der Waals surface area contributed by atoms with Crippen LogP contribution in [0.5, 0.6) is 0 Å². The zero-order chi connectivity index (χ0) is 15.9. The quantitative estimate of drug-likeness (QED) is 0.392. The molecule has 2 N–H and O–H groups in total. The van der Waals surface area contributed by atoms with Gasteiger partial charge in [0.1, 0.15) is 0 Å². The van der Waals surface area contributed by atoms with Crippen molar-refractivity contribution in [3.8, 4) is 0 Å². The van der Waals surface area contributed by atoms with Gasteiger partial charge in [0.2, 0.25) is 0 Å². The van der Waals surface area contributed by atoms with Crippen LogP contribution >= 0.6 is 12.2 Å². The molecule has 0 heterocycles. The molecule has 0 saturated heterocycles. The number of hydrogen-bond donors (Lipinski definition) is 2. The van der Waals surface area contributed by atoms with E-state index in [-0.39, 0.29) is 5.69 Å². The predicted molar refractivity (Wildman–Crippen MR) is 91.1 cm³/mol.